The van der Waals surface area contributed by atoms with Gasteiger partial charge in [0.15, 0.2) is 0 Å². The van der Waals surface area contributed by atoms with Crippen LogP contribution in [0.1, 0.15) is 105 Å². The van der Waals surface area contributed by atoms with Crippen LogP contribution in [0, 0.1) is 0 Å². The Kier molecular flexibility index (Phi) is 30.6. The van der Waals surface area contributed by atoms with Crippen molar-refractivity contribution in [2.45, 2.75) is 95.1 Å². The van der Waals surface area contributed by atoms with Crippen molar-refractivity contribution in [3.05, 3.63) is 77.5 Å². The Labute approximate surface area is 232 Å². The smallest absolute Gasteiger partial charge is 0.338 e. The quantitative estimate of drug-likeness (QED) is 0.157. The van der Waals surface area contributed by atoms with Gasteiger partial charge in [-0.15, -0.1) is 0 Å². The minimum atomic E-state index is -0.550. The number of hydrogen-bond acceptors (Lipinski definition) is 6. The monoisotopic (exact) mass is 530 g/mol. The number of hydrazone groups is 1. The third-order valence-electron chi connectivity index (χ3n) is 3.46. The average Bonchev–Trinajstić information content (AvgIpc) is 2.93. The van der Waals surface area contributed by atoms with Crippen LogP contribution < -0.4 is 16.9 Å². The summed E-state index contributed by atoms with van der Waals surface area (Å²) in [6, 6.07) is 16.8. The van der Waals surface area contributed by atoms with Crippen molar-refractivity contribution in [2.75, 3.05) is 5.43 Å². The van der Waals surface area contributed by atoms with Crippen molar-refractivity contribution in [3.63, 3.8) is 0 Å². The Morgan fingerprint density at radius 2 is 1.34 bits per heavy atom. The number of allylic oxidation sites excluding steroid dienone is 1. The van der Waals surface area contributed by atoms with Crippen LogP contribution in [0.15, 0.2) is 71.5 Å². The largest absolute Gasteiger partial charge is 0.456 e. The molecule has 2 rings (SSSR count). The van der Waals surface area contributed by atoms with E-state index in [1.165, 1.54) is 12.6 Å². The summed E-state index contributed by atoms with van der Waals surface area (Å²) in [6.07, 6.45) is 2.99. The molecule has 2 aromatic carbocycles. The van der Waals surface area contributed by atoms with Gasteiger partial charge in [-0.3, -0.25) is 10.2 Å². The van der Waals surface area contributed by atoms with E-state index in [9.17, 15) is 4.79 Å². The number of nitrogens with zero attached hydrogens (tertiary/aromatic N) is 1. The van der Waals surface area contributed by atoms with Crippen molar-refractivity contribution >= 4 is 23.8 Å². The molecule has 216 valence electrons. The van der Waals surface area contributed by atoms with Crippen molar-refractivity contribution in [3.8, 4) is 0 Å². The number of para-hydroxylation sites is 1. The molecule has 1 amide bonds. The molecule has 0 spiro atoms. The number of amides is 1. The maximum atomic E-state index is 12.3. The van der Waals surface area contributed by atoms with E-state index in [0.717, 1.165) is 16.8 Å². The lowest BCUT2D eigenvalue weighted by Gasteiger charge is -2.19. The summed E-state index contributed by atoms with van der Waals surface area (Å²) < 4.78 is 5.44. The van der Waals surface area contributed by atoms with E-state index in [1.807, 2.05) is 106 Å². The summed E-state index contributed by atoms with van der Waals surface area (Å²) in [5.41, 5.74) is 15.9. The van der Waals surface area contributed by atoms with Gasteiger partial charge in [0.1, 0.15) is 5.60 Å². The number of nitrogens with one attached hydrogen (secondary N) is 1. The number of benzene rings is 2. The minimum absolute atomic E-state index is 0.250. The summed E-state index contributed by atoms with van der Waals surface area (Å²) in [5.74, 6) is -0.371. The lowest BCUT2D eigenvalue weighted by Crippen LogP contribution is -2.24. The highest BCUT2D eigenvalue weighted by atomic mass is 16.6. The van der Waals surface area contributed by atoms with Gasteiger partial charge in [-0.1, -0.05) is 92.1 Å². The second-order valence-corrected chi connectivity index (χ2v) is 7.71. The van der Waals surface area contributed by atoms with Gasteiger partial charge in [-0.05, 0) is 63.7 Å². The number of hydrogen-bond donors (Lipinski definition) is 3. The normalized spacial score (nSPS) is 9.89. The molecule has 7 nitrogen and oxygen atoms in total. The molecule has 38 heavy (non-hydrogen) atoms. The Morgan fingerprint density at radius 1 is 0.895 bits per heavy atom. The lowest BCUT2D eigenvalue weighted by atomic mass is 10.0. The predicted octanol–water partition coefficient (Wildman–Crippen LogP) is 7.92. The standard InChI is InChI=1S/C21H25N3O2.C3H8.3C2H6.CH3NO/c1-15(14-22)19(24-23-18-11-6-5-7-12-18)16-9-8-10-17(13-16)20(25)26-21(2,3)4;1-3-2;3*1-2;2-1-3/h5-14,23H,22H2,1-4H3;3H2,1-2H3;3*1-2H3;1H,(H2,2,3)/b15-14+,24-19+;;;;;. The van der Waals surface area contributed by atoms with Gasteiger partial charge < -0.3 is 16.2 Å². The molecular formula is C31H54N4O3. The second-order valence-electron chi connectivity index (χ2n) is 7.71. The summed E-state index contributed by atoms with van der Waals surface area (Å²) in [6.45, 7) is 23.6. The molecule has 0 saturated carbocycles. The molecule has 7 heteroatoms. The fourth-order valence-electron chi connectivity index (χ4n) is 2.22. The van der Waals surface area contributed by atoms with Gasteiger partial charge in [-0.2, -0.15) is 5.10 Å². The molecule has 0 heterocycles. The Bertz CT molecular complexity index is 887. The van der Waals surface area contributed by atoms with Crippen LogP contribution in [0.25, 0.3) is 0 Å². The van der Waals surface area contributed by atoms with Crippen molar-refractivity contribution < 1.29 is 14.3 Å². The highest BCUT2D eigenvalue weighted by molar-refractivity contribution is 6.13. The van der Waals surface area contributed by atoms with E-state index in [-0.39, 0.29) is 12.4 Å². The molecule has 0 bridgehead atoms. The predicted molar refractivity (Wildman–Crippen MR) is 166 cm³/mol. The van der Waals surface area contributed by atoms with Crippen molar-refractivity contribution in [1.82, 2.24) is 0 Å². The first-order valence-corrected chi connectivity index (χ1v) is 13.4. The van der Waals surface area contributed by atoms with Gasteiger partial charge in [-0.25, -0.2) is 4.79 Å². The van der Waals surface area contributed by atoms with Crippen molar-refractivity contribution in [1.29, 1.82) is 0 Å². The van der Waals surface area contributed by atoms with E-state index in [1.54, 1.807) is 18.2 Å². The van der Waals surface area contributed by atoms with Crippen LogP contribution in [0.2, 0.25) is 0 Å². The molecule has 0 atom stereocenters. The zero-order valence-corrected chi connectivity index (χ0v) is 25.9. The zero-order chi connectivity index (χ0) is 30.6. The van der Waals surface area contributed by atoms with Crippen molar-refractivity contribution in [2.24, 2.45) is 16.6 Å². The number of anilines is 1. The van der Waals surface area contributed by atoms with E-state index in [4.69, 9.17) is 15.3 Å². The molecule has 0 aromatic heterocycles. The maximum Gasteiger partial charge on any atom is 0.338 e. The number of nitrogens with two attached hydrogens (primary N) is 2. The highest BCUT2D eigenvalue weighted by Crippen LogP contribution is 2.16. The Balaban J connectivity index is -0.000000416. The molecular weight excluding hydrogens is 476 g/mol. The third-order valence-corrected chi connectivity index (χ3v) is 3.46. The molecule has 0 fully saturated rings. The van der Waals surface area contributed by atoms with Crippen LogP contribution in [0.5, 0.6) is 0 Å². The van der Waals surface area contributed by atoms with Crippen LogP contribution in [0.3, 0.4) is 0 Å². The van der Waals surface area contributed by atoms with Gasteiger partial charge in [0.05, 0.1) is 17.0 Å². The zero-order valence-electron chi connectivity index (χ0n) is 25.9. The molecule has 0 saturated heterocycles. The molecule has 0 aliphatic rings. The topological polar surface area (TPSA) is 120 Å². The molecule has 5 N–H and O–H groups in total. The first kappa shape index (κ1) is 41.5. The number of carbonyl (C=O) groups is 2. The molecule has 0 aliphatic heterocycles. The van der Waals surface area contributed by atoms with Gasteiger partial charge in [0.2, 0.25) is 6.41 Å². The summed E-state index contributed by atoms with van der Waals surface area (Å²) in [7, 11) is 0. The fraction of sp³-hybridized carbons (Fsp3) is 0.452. The van der Waals surface area contributed by atoms with E-state index in [2.05, 4.69) is 30.1 Å². The summed E-state index contributed by atoms with van der Waals surface area (Å²) >= 11 is 0. The second kappa shape index (κ2) is 28.0. The molecule has 2 aromatic rings. The van der Waals surface area contributed by atoms with Crippen LogP contribution in [-0.4, -0.2) is 23.7 Å². The van der Waals surface area contributed by atoms with Crippen LogP contribution in [-0.2, 0) is 9.53 Å². The van der Waals surface area contributed by atoms with E-state index < -0.39 is 5.60 Å². The van der Waals surface area contributed by atoms with Gasteiger partial charge >= 0.3 is 5.97 Å². The Hall–Kier alpha value is -3.61. The van der Waals surface area contributed by atoms with E-state index >= 15 is 0 Å². The number of rotatable bonds is 5. The lowest BCUT2D eigenvalue weighted by molar-refractivity contribution is -0.106. The molecule has 0 unspecified atom stereocenters. The molecule has 0 aliphatic carbocycles. The highest BCUT2D eigenvalue weighted by Gasteiger charge is 2.18. The van der Waals surface area contributed by atoms with Crippen LogP contribution >= 0.6 is 0 Å². The Morgan fingerprint density at radius 3 is 1.76 bits per heavy atom. The van der Waals surface area contributed by atoms with Gasteiger partial charge in [0, 0.05) is 5.56 Å². The first-order chi connectivity index (χ1) is 18.1. The average molecular weight is 531 g/mol. The van der Waals surface area contributed by atoms with Crippen LogP contribution in [0.4, 0.5) is 5.69 Å². The summed E-state index contributed by atoms with van der Waals surface area (Å²) in [4.78, 5) is 20.9. The number of esters is 1. The fourth-order valence-corrected chi connectivity index (χ4v) is 2.22. The summed E-state index contributed by atoms with van der Waals surface area (Å²) in [5, 5.41) is 4.48. The third kappa shape index (κ3) is 21.7. The van der Waals surface area contributed by atoms with Gasteiger partial charge in [0.25, 0.3) is 0 Å². The SMILES string of the molecule is CC.CC.CC.CC(=C\N)/C(=N\Nc1ccccc1)c1cccc(C(=O)OC(C)(C)C)c1.CCC.NC=O. The minimum Gasteiger partial charge on any atom is -0.456 e. The maximum absolute atomic E-state index is 12.3. The van der Waals surface area contributed by atoms with E-state index in [0.29, 0.717) is 11.3 Å². The number of carbonyl (C=O) groups excluding carboxylic acids is 2. The number of ether oxygens (including phenoxy) is 1. The first-order valence-electron chi connectivity index (χ1n) is 13.4. The molecule has 0 radical (unpaired) electrons. The number of primary amides is 1.